The van der Waals surface area contributed by atoms with Gasteiger partial charge in [0.25, 0.3) is 0 Å². The molecule has 0 aromatic rings. The third-order valence-corrected chi connectivity index (χ3v) is 3.74. The SMILES string of the molecule is CCC(CCN(C)C)NCCSCCN(C)C. The van der Waals surface area contributed by atoms with Crippen molar-refractivity contribution in [1.82, 2.24) is 15.1 Å². The molecule has 0 rings (SSSR count). The number of rotatable bonds is 11. The van der Waals surface area contributed by atoms with Gasteiger partial charge in [0.15, 0.2) is 0 Å². The molecule has 0 saturated heterocycles. The molecule has 0 aliphatic carbocycles. The van der Waals surface area contributed by atoms with Gasteiger partial charge in [-0.3, -0.25) is 0 Å². The molecular weight excluding hydrogens is 230 g/mol. The zero-order valence-corrected chi connectivity index (χ0v) is 13.1. The van der Waals surface area contributed by atoms with E-state index in [9.17, 15) is 0 Å². The third kappa shape index (κ3) is 12.5. The molecule has 1 atom stereocenters. The van der Waals surface area contributed by atoms with Gasteiger partial charge in [0.05, 0.1) is 0 Å². The molecule has 0 radical (unpaired) electrons. The Labute approximate surface area is 112 Å². The minimum atomic E-state index is 0.687. The number of thioether (sulfide) groups is 1. The molecule has 0 aromatic carbocycles. The van der Waals surface area contributed by atoms with Crippen LogP contribution in [0.5, 0.6) is 0 Å². The van der Waals surface area contributed by atoms with Crippen LogP contribution in [0.25, 0.3) is 0 Å². The minimum absolute atomic E-state index is 0.687. The van der Waals surface area contributed by atoms with Gasteiger partial charge in [-0.15, -0.1) is 0 Å². The summed E-state index contributed by atoms with van der Waals surface area (Å²) in [6.07, 6.45) is 2.49. The molecule has 104 valence electrons. The first-order chi connectivity index (χ1) is 8.06. The average Bonchev–Trinajstić information content (AvgIpc) is 2.26. The second-order valence-electron chi connectivity index (χ2n) is 5.07. The van der Waals surface area contributed by atoms with E-state index in [2.05, 4.69) is 50.2 Å². The molecule has 0 aliphatic heterocycles. The van der Waals surface area contributed by atoms with Crippen LogP contribution in [0.1, 0.15) is 19.8 Å². The van der Waals surface area contributed by atoms with Crippen LogP contribution in [0.3, 0.4) is 0 Å². The summed E-state index contributed by atoms with van der Waals surface area (Å²) in [7, 11) is 8.55. The quantitative estimate of drug-likeness (QED) is 0.569. The lowest BCUT2D eigenvalue weighted by Crippen LogP contribution is -2.33. The minimum Gasteiger partial charge on any atom is -0.313 e. The highest BCUT2D eigenvalue weighted by atomic mass is 32.2. The smallest absolute Gasteiger partial charge is 0.00769 e. The first kappa shape index (κ1) is 17.2. The van der Waals surface area contributed by atoms with Gasteiger partial charge in [0, 0.05) is 30.6 Å². The van der Waals surface area contributed by atoms with Crippen LogP contribution in [0, 0.1) is 0 Å². The van der Waals surface area contributed by atoms with Crippen LogP contribution in [0.2, 0.25) is 0 Å². The Morgan fingerprint density at radius 3 is 2.18 bits per heavy atom. The summed E-state index contributed by atoms with van der Waals surface area (Å²) in [5, 5.41) is 3.65. The second-order valence-corrected chi connectivity index (χ2v) is 6.29. The topological polar surface area (TPSA) is 18.5 Å². The zero-order chi connectivity index (χ0) is 13.1. The first-order valence-corrected chi connectivity index (χ1v) is 7.82. The monoisotopic (exact) mass is 261 g/mol. The maximum Gasteiger partial charge on any atom is 0.00769 e. The Hall–Kier alpha value is 0.230. The van der Waals surface area contributed by atoms with Crippen molar-refractivity contribution in [2.75, 3.05) is 59.3 Å². The fraction of sp³-hybridized carbons (Fsp3) is 1.00. The Morgan fingerprint density at radius 2 is 1.65 bits per heavy atom. The molecule has 0 aromatic heterocycles. The molecule has 0 amide bonds. The molecule has 0 saturated carbocycles. The van der Waals surface area contributed by atoms with Crippen molar-refractivity contribution >= 4 is 11.8 Å². The van der Waals surface area contributed by atoms with Gasteiger partial charge in [0.2, 0.25) is 0 Å². The van der Waals surface area contributed by atoms with Gasteiger partial charge < -0.3 is 15.1 Å². The standard InChI is InChI=1S/C13H31N3S/c1-6-13(7-9-15(2)3)14-8-11-17-12-10-16(4)5/h13-14H,6-12H2,1-5H3. The molecule has 1 unspecified atom stereocenters. The van der Waals surface area contributed by atoms with E-state index in [1.54, 1.807) is 0 Å². The Balaban J connectivity index is 3.37. The molecule has 3 nitrogen and oxygen atoms in total. The summed E-state index contributed by atoms with van der Waals surface area (Å²) in [4.78, 5) is 4.50. The van der Waals surface area contributed by atoms with E-state index in [-0.39, 0.29) is 0 Å². The highest BCUT2D eigenvalue weighted by Gasteiger charge is 2.05. The molecule has 0 fully saturated rings. The highest BCUT2D eigenvalue weighted by molar-refractivity contribution is 7.99. The van der Waals surface area contributed by atoms with E-state index in [1.165, 1.54) is 37.4 Å². The number of nitrogens with one attached hydrogen (secondary N) is 1. The van der Waals surface area contributed by atoms with Crippen LogP contribution in [0.4, 0.5) is 0 Å². The van der Waals surface area contributed by atoms with E-state index in [1.807, 2.05) is 11.8 Å². The summed E-state index contributed by atoms with van der Waals surface area (Å²) < 4.78 is 0. The van der Waals surface area contributed by atoms with Gasteiger partial charge in [-0.2, -0.15) is 11.8 Å². The van der Waals surface area contributed by atoms with Gasteiger partial charge >= 0.3 is 0 Å². The number of hydrogen-bond donors (Lipinski definition) is 1. The van der Waals surface area contributed by atoms with E-state index >= 15 is 0 Å². The average molecular weight is 261 g/mol. The van der Waals surface area contributed by atoms with Crippen molar-refractivity contribution < 1.29 is 0 Å². The van der Waals surface area contributed by atoms with Crippen molar-refractivity contribution in [3.05, 3.63) is 0 Å². The number of nitrogens with zero attached hydrogens (tertiary/aromatic N) is 2. The largest absolute Gasteiger partial charge is 0.313 e. The molecule has 17 heavy (non-hydrogen) atoms. The second kappa shape index (κ2) is 11.3. The Bertz CT molecular complexity index is 163. The van der Waals surface area contributed by atoms with E-state index < -0.39 is 0 Å². The lowest BCUT2D eigenvalue weighted by atomic mass is 10.1. The van der Waals surface area contributed by atoms with Crippen LogP contribution >= 0.6 is 11.8 Å². The molecular formula is C13H31N3S. The molecule has 0 spiro atoms. The Kier molecular flexibility index (Phi) is 11.5. The van der Waals surface area contributed by atoms with E-state index in [0.29, 0.717) is 6.04 Å². The van der Waals surface area contributed by atoms with Crippen molar-refractivity contribution in [1.29, 1.82) is 0 Å². The predicted octanol–water partition coefficient (Wildman–Crippen LogP) is 1.60. The van der Waals surface area contributed by atoms with Gasteiger partial charge in [-0.05, 0) is 47.6 Å². The zero-order valence-electron chi connectivity index (χ0n) is 12.3. The molecule has 0 heterocycles. The maximum absolute atomic E-state index is 3.65. The lowest BCUT2D eigenvalue weighted by molar-refractivity contribution is 0.356. The van der Waals surface area contributed by atoms with Gasteiger partial charge in [-0.25, -0.2) is 0 Å². The fourth-order valence-electron chi connectivity index (χ4n) is 1.55. The third-order valence-electron chi connectivity index (χ3n) is 2.78. The van der Waals surface area contributed by atoms with Crippen molar-refractivity contribution in [2.45, 2.75) is 25.8 Å². The van der Waals surface area contributed by atoms with Crippen LogP contribution in [-0.2, 0) is 0 Å². The molecule has 0 aliphatic rings. The number of hydrogen-bond acceptors (Lipinski definition) is 4. The van der Waals surface area contributed by atoms with Crippen LogP contribution < -0.4 is 5.32 Å². The van der Waals surface area contributed by atoms with Crippen LogP contribution in [0.15, 0.2) is 0 Å². The summed E-state index contributed by atoms with van der Waals surface area (Å²) in [6, 6.07) is 0.687. The lowest BCUT2D eigenvalue weighted by Gasteiger charge is -2.19. The summed E-state index contributed by atoms with van der Waals surface area (Å²) in [6.45, 7) is 5.78. The van der Waals surface area contributed by atoms with Crippen molar-refractivity contribution in [3.8, 4) is 0 Å². The fourth-order valence-corrected chi connectivity index (χ4v) is 2.51. The molecule has 1 N–H and O–H groups in total. The predicted molar refractivity (Wildman–Crippen MR) is 81.1 cm³/mol. The summed E-state index contributed by atoms with van der Waals surface area (Å²) in [5.74, 6) is 2.47. The van der Waals surface area contributed by atoms with Crippen LogP contribution in [-0.4, -0.2) is 75.2 Å². The molecule has 0 bridgehead atoms. The van der Waals surface area contributed by atoms with Crippen molar-refractivity contribution in [3.63, 3.8) is 0 Å². The summed E-state index contributed by atoms with van der Waals surface area (Å²) >= 11 is 2.04. The van der Waals surface area contributed by atoms with Gasteiger partial charge in [0.1, 0.15) is 0 Å². The first-order valence-electron chi connectivity index (χ1n) is 6.66. The van der Waals surface area contributed by atoms with Gasteiger partial charge in [-0.1, -0.05) is 6.92 Å². The normalized spacial score (nSPS) is 13.6. The molecule has 4 heteroatoms. The Morgan fingerprint density at radius 1 is 1.00 bits per heavy atom. The maximum atomic E-state index is 3.65. The highest BCUT2D eigenvalue weighted by Crippen LogP contribution is 2.01. The summed E-state index contributed by atoms with van der Waals surface area (Å²) in [5.41, 5.74) is 0. The van der Waals surface area contributed by atoms with E-state index in [0.717, 1.165) is 6.54 Å². The van der Waals surface area contributed by atoms with E-state index in [4.69, 9.17) is 0 Å². The van der Waals surface area contributed by atoms with Crippen molar-refractivity contribution in [2.24, 2.45) is 0 Å².